The highest BCUT2D eigenvalue weighted by Crippen LogP contribution is 2.25. The summed E-state index contributed by atoms with van der Waals surface area (Å²) in [5.41, 5.74) is 0. The van der Waals surface area contributed by atoms with E-state index >= 15 is 0 Å². The van der Waals surface area contributed by atoms with Crippen LogP contribution in [0.4, 0.5) is 0 Å². The number of guanidine groups is 1. The minimum Gasteiger partial charge on any atom is -0.393 e. The molecule has 2 atom stereocenters. The minimum atomic E-state index is -0.170. The largest absolute Gasteiger partial charge is 0.393 e. The summed E-state index contributed by atoms with van der Waals surface area (Å²) in [5.74, 6) is 1.17. The molecule has 1 saturated carbocycles. The Labute approximate surface area is 126 Å². The summed E-state index contributed by atoms with van der Waals surface area (Å²) in [6, 6.07) is 1.94. The van der Waals surface area contributed by atoms with Gasteiger partial charge in [-0.15, -0.1) is 0 Å². The van der Waals surface area contributed by atoms with Crippen LogP contribution >= 0.6 is 0 Å². The summed E-state index contributed by atoms with van der Waals surface area (Å²) in [6.45, 7) is 5.37. The van der Waals surface area contributed by atoms with Crippen LogP contribution in [0.25, 0.3) is 0 Å². The van der Waals surface area contributed by atoms with Crippen molar-refractivity contribution in [3.05, 3.63) is 18.5 Å². The number of hydrogen-bond acceptors (Lipinski definition) is 3. The van der Waals surface area contributed by atoms with Crippen LogP contribution in [0.2, 0.25) is 0 Å². The molecule has 3 N–H and O–H groups in total. The molecule has 21 heavy (non-hydrogen) atoms. The van der Waals surface area contributed by atoms with Crippen LogP contribution in [-0.4, -0.2) is 46.6 Å². The number of aromatic nitrogens is 2. The Bertz CT molecular complexity index is 418. The third kappa shape index (κ3) is 5.38. The van der Waals surface area contributed by atoms with Gasteiger partial charge in [0.25, 0.3) is 0 Å². The lowest BCUT2D eigenvalue weighted by Crippen LogP contribution is -2.38. The molecule has 2 unspecified atom stereocenters. The van der Waals surface area contributed by atoms with E-state index in [1.807, 2.05) is 16.9 Å². The van der Waals surface area contributed by atoms with Gasteiger partial charge in [-0.1, -0.05) is 6.42 Å². The lowest BCUT2D eigenvalue weighted by atomic mass is 10.1. The van der Waals surface area contributed by atoms with Gasteiger partial charge >= 0.3 is 0 Å². The molecule has 1 aromatic rings. The fraction of sp³-hybridized carbons (Fsp3) is 0.733. The van der Waals surface area contributed by atoms with E-state index in [2.05, 4.69) is 27.6 Å². The van der Waals surface area contributed by atoms with Crippen LogP contribution in [0, 0.1) is 5.92 Å². The van der Waals surface area contributed by atoms with Crippen molar-refractivity contribution < 1.29 is 5.11 Å². The standard InChI is InChI=1S/C15H27N5O/c1-2-16-15(18-12-13-6-3-7-14(13)21)17-8-4-10-20-11-5-9-19-20/h5,9,11,13-14,21H,2-4,6-8,10,12H2,1H3,(H2,16,17,18). The second-order valence-electron chi connectivity index (χ2n) is 5.53. The quantitative estimate of drug-likeness (QED) is 0.398. The van der Waals surface area contributed by atoms with E-state index in [-0.39, 0.29) is 6.10 Å². The van der Waals surface area contributed by atoms with Gasteiger partial charge in [0.05, 0.1) is 6.10 Å². The third-order valence-electron chi connectivity index (χ3n) is 3.86. The number of aryl methyl sites for hydroxylation is 1. The highest BCUT2D eigenvalue weighted by atomic mass is 16.3. The molecule has 0 radical (unpaired) electrons. The molecule has 1 fully saturated rings. The average Bonchev–Trinajstić information content (AvgIpc) is 3.12. The van der Waals surface area contributed by atoms with Crippen LogP contribution < -0.4 is 10.6 Å². The second kappa shape index (κ2) is 8.67. The Kier molecular flexibility index (Phi) is 6.53. The van der Waals surface area contributed by atoms with E-state index < -0.39 is 0 Å². The Morgan fingerprint density at radius 1 is 1.43 bits per heavy atom. The summed E-state index contributed by atoms with van der Waals surface area (Å²) in [7, 11) is 0. The van der Waals surface area contributed by atoms with Gasteiger partial charge in [-0.2, -0.15) is 5.10 Å². The molecule has 0 spiro atoms. The predicted molar refractivity (Wildman–Crippen MR) is 84.2 cm³/mol. The van der Waals surface area contributed by atoms with E-state index in [0.717, 1.165) is 51.3 Å². The van der Waals surface area contributed by atoms with Crippen LogP contribution in [-0.2, 0) is 6.54 Å². The van der Waals surface area contributed by atoms with Crippen molar-refractivity contribution in [2.75, 3.05) is 19.6 Å². The topological polar surface area (TPSA) is 74.5 Å². The predicted octanol–water partition coefficient (Wildman–Crippen LogP) is 0.989. The Morgan fingerprint density at radius 3 is 3.00 bits per heavy atom. The maximum atomic E-state index is 9.83. The summed E-state index contributed by atoms with van der Waals surface area (Å²) in [5, 5.41) is 20.6. The van der Waals surface area contributed by atoms with Crippen molar-refractivity contribution in [3.63, 3.8) is 0 Å². The molecule has 118 valence electrons. The summed E-state index contributed by atoms with van der Waals surface area (Å²) in [4.78, 5) is 4.59. The summed E-state index contributed by atoms with van der Waals surface area (Å²) in [6.07, 6.45) is 7.73. The van der Waals surface area contributed by atoms with Crippen LogP contribution in [0.15, 0.2) is 23.5 Å². The molecule has 1 aromatic heterocycles. The minimum absolute atomic E-state index is 0.170. The summed E-state index contributed by atoms with van der Waals surface area (Å²) >= 11 is 0. The third-order valence-corrected chi connectivity index (χ3v) is 3.86. The monoisotopic (exact) mass is 293 g/mol. The highest BCUT2D eigenvalue weighted by molar-refractivity contribution is 5.79. The number of nitrogens with one attached hydrogen (secondary N) is 2. The molecule has 6 nitrogen and oxygen atoms in total. The van der Waals surface area contributed by atoms with E-state index in [1.54, 1.807) is 6.20 Å². The fourth-order valence-electron chi connectivity index (χ4n) is 2.66. The molecule has 1 aliphatic rings. The van der Waals surface area contributed by atoms with Gasteiger partial charge in [0, 0.05) is 44.5 Å². The molecule has 0 saturated heterocycles. The van der Waals surface area contributed by atoms with Crippen molar-refractivity contribution in [2.45, 2.75) is 45.3 Å². The molecule has 0 aliphatic heterocycles. The van der Waals surface area contributed by atoms with Gasteiger partial charge in [0.15, 0.2) is 5.96 Å². The first kappa shape index (κ1) is 15.8. The van der Waals surface area contributed by atoms with Crippen molar-refractivity contribution in [3.8, 4) is 0 Å². The SMILES string of the molecule is CCNC(=NCC1CCCC1O)NCCCn1cccn1. The molecule has 0 aromatic carbocycles. The summed E-state index contributed by atoms with van der Waals surface area (Å²) < 4.78 is 1.93. The van der Waals surface area contributed by atoms with Crippen molar-refractivity contribution in [1.29, 1.82) is 0 Å². The van der Waals surface area contributed by atoms with Gasteiger partial charge < -0.3 is 15.7 Å². The van der Waals surface area contributed by atoms with Crippen LogP contribution in [0.5, 0.6) is 0 Å². The number of hydrogen-bond donors (Lipinski definition) is 3. The number of nitrogens with zero attached hydrogens (tertiary/aromatic N) is 3. The first-order valence-electron chi connectivity index (χ1n) is 7.97. The zero-order valence-electron chi connectivity index (χ0n) is 12.8. The smallest absolute Gasteiger partial charge is 0.191 e. The highest BCUT2D eigenvalue weighted by Gasteiger charge is 2.24. The van der Waals surface area contributed by atoms with E-state index in [0.29, 0.717) is 12.5 Å². The van der Waals surface area contributed by atoms with Gasteiger partial charge in [-0.25, -0.2) is 0 Å². The normalized spacial score (nSPS) is 22.5. The zero-order valence-corrected chi connectivity index (χ0v) is 12.8. The average molecular weight is 293 g/mol. The number of rotatable bonds is 7. The van der Waals surface area contributed by atoms with E-state index in [1.165, 1.54) is 0 Å². The zero-order chi connectivity index (χ0) is 14.9. The maximum absolute atomic E-state index is 9.83. The molecule has 2 rings (SSSR count). The second-order valence-corrected chi connectivity index (χ2v) is 5.53. The van der Waals surface area contributed by atoms with Gasteiger partial charge in [-0.05, 0) is 32.3 Å². The molecule has 1 heterocycles. The van der Waals surface area contributed by atoms with Crippen molar-refractivity contribution in [1.82, 2.24) is 20.4 Å². The van der Waals surface area contributed by atoms with Crippen molar-refractivity contribution >= 4 is 5.96 Å². The Balaban J connectivity index is 1.70. The Morgan fingerprint density at radius 2 is 2.33 bits per heavy atom. The van der Waals surface area contributed by atoms with Crippen molar-refractivity contribution in [2.24, 2.45) is 10.9 Å². The Hall–Kier alpha value is -1.56. The van der Waals surface area contributed by atoms with Gasteiger partial charge in [-0.3, -0.25) is 9.67 Å². The number of aliphatic imine (C=N–C) groups is 1. The molecular formula is C15H27N5O. The molecule has 0 bridgehead atoms. The number of aliphatic hydroxyl groups is 1. The maximum Gasteiger partial charge on any atom is 0.191 e. The lowest BCUT2D eigenvalue weighted by molar-refractivity contribution is 0.136. The molecule has 1 aliphatic carbocycles. The van der Waals surface area contributed by atoms with Gasteiger partial charge in [0.2, 0.25) is 0 Å². The van der Waals surface area contributed by atoms with Crippen LogP contribution in [0.1, 0.15) is 32.6 Å². The number of aliphatic hydroxyl groups excluding tert-OH is 1. The first-order valence-corrected chi connectivity index (χ1v) is 7.97. The van der Waals surface area contributed by atoms with E-state index in [9.17, 15) is 5.11 Å². The molecule has 0 amide bonds. The molecule has 6 heteroatoms. The first-order chi connectivity index (χ1) is 10.3. The van der Waals surface area contributed by atoms with Gasteiger partial charge in [0.1, 0.15) is 0 Å². The molecular weight excluding hydrogens is 266 g/mol. The van der Waals surface area contributed by atoms with E-state index in [4.69, 9.17) is 0 Å². The fourth-order valence-corrected chi connectivity index (χ4v) is 2.66. The lowest BCUT2D eigenvalue weighted by Gasteiger charge is -2.15. The van der Waals surface area contributed by atoms with Crippen LogP contribution in [0.3, 0.4) is 0 Å².